The Morgan fingerprint density at radius 1 is 1.11 bits per heavy atom. The van der Waals surface area contributed by atoms with Crippen molar-refractivity contribution in [2.24, 2.45) is 0 Å². The number of nitrogens with zero attached hydrogens (tertiary/aromatic N) is 2. The van der Waals surface area contributed by atoms with E-state index in [1.165, 1.54) is 4.90 Å². The van der Waals surface area contributed by atoms with Gasteiger partial charge in [0.1, 0.15) is 18.3 Å². The van der Waals surface area contributed by atoms with Crippen LogP contribution in [-0.4, -0.2) is 56.6 Å². The maximum atomic E-state index is 13.7. The molecule has 0 saturated heterocycles. The van der Waals surface area contributed by atoms with Crippen molar-refractivity contribution in [3.8, 4) is 5.75 Å². The molecule has 2 aromatic rings. The normalized spacial score (nSPS) is 14.8. The molecule has 0 radical (unpaired) electrons. The molecule has 0 unspecified atom stereocenters. The summed E-state index contributed by atoms with van der Waals surface area (Å²) in [5, 5.41) is 3.60. The lowest BCUT2D eigenvalue weighted by Crippen LogP contribution is -2.52. The van der Waals surface area contributed by atoms with Crippen LogP contribution in [0.2, 0.25) is 5.02 Å². The summed E-state index contributed by atoms with van der Waals surface area (Å²) >= 11 is 6.02. The summed E-state index contributed by atoms with van der Waals surface area (Å²) in [7, 11) is -3.84. The van der Waals surface area contributed by atoms with E-state index in [0.717, 1.165) is 41.8 Å². The van der Waals surface area contributed by atoms with Gasteiger partial charge in [-0.1, -0.05) is 48.7 Å². The standard InChI is InChI=1S/C26H34ClN3O5S/c1-4-35-24-12-8-7-11-23(24)30(36(3,33)34)18-25(31)29(17-20-13-15-21(27)16-14-20)19(2)26(32)28-22-9-5-6-10-22/h7-8,11-16,19,22H,4-6,9-10,17-18H2,1-3H3,(H,28,32)/t19-/m0/s1. The zero-order valence-electron chi connectivity index (χ0n) is 20.9. The quantitative estimate of drug-likeness (QED) is 0.469. The first-order valence-corrected chi connectivity index (χ1v) is 14.4. The number of hydrogen-bond acceptors (Lipinski definition) is 5. The van der Waals surface area contributed by atoms with E-state index in [4.69, 9.17) is 16.3 Å². The summed E-state index contributed by atoms with van der Waals surface area (Å²) in [6.07, 6.45) is 5.01. The number of anilines is 1. The van der Waals surface area contributed by atoms with Crippen LogP contribution in [-0.2, 0) is 26.2 Å². The molecule has 0 aliphatic heterocycles. The van der Waals surface area contributed by atoms with E-state index >= 15 is 0 Å². The number of halogens is 1. The summed E-state index contributed by atoms with van der Waals surface area (Å²) in [5.41, 5.74) is 1.04. The minimum atomic E-state index is -3.84. The Bertz CT molecular complexity index is 1150. The van der Waals surface area contributed by atoms with E-state index in [-0.39, 0.29) is 24.2 Å². The van der Waals surface area contributed by atoms with Gasteiger partial charge in [0.25, 0.3) is 0 Å². The van der Waals surface area contributed by atoms with Gasteiger partial charge < -0.3 is 15.0 Å². The lowest BCUT2D eigenvalue weighted by molar-refractivity contribution is -0.139. The zero-order chi connectivity index (χ0) is 26.3. The molecule has 0 spiro atoms. The van der Waals surface area contributed by atoms with Gasteiger partial charge in [-0.05, 0) is 56.5 Å². The van der Waals surface area contributed by atoms with Crippen LogP contribution in [0, 0.1) is 0 Å². The fraction of sp³-hybridized carbons (Fsp3) is 0.462. The number of rotatable bonds is 11. The highest BCUT2D eigenvalue weighted by molar-refractivity contribution is 7.92. The first-order chi connectivity index (χ1) is 17.1. The van der Waals surface area contributed by atoms with Crippen LogP contribution in [0.25, 0.3) is 0 Å². The van der Waals surface area contributed by atoms with Crippen molar-refractivity contribution < 1.29 is 22.7 Å². The Morgan fingerprint density at radius 2 is 1.75 bits per heavy atom. The highest BCUT2D eigenvalue weighted by atomic mass is 35.5. The molecule has 0 bridgehead atoms. The lowest BCUT2D eigenvalue weighted by Gasteiger charge is -2.32. The molecule has 8 nitrogen and oxygen atoms in total. The molecule has 2 amide bonds. The number of carbonyl (C=O) groups is 2. The number of carbonyl (C=O) groups excluding carboxylic acids is 2. The molecule has 10 heteroatoms. The molecule has 3 rings (SSSR count). The van der Waals surface area contributed by atoms with Crippen molar-refractivity contribution in [2.45, 2.75) is 58.2 Å². The van der Waals surface area contributed by atoms with E-state index in [2.05, 4.69) is 5.32 Å². The number of para-hydroxylation sites is 2. The minimum absolute atomic E-state index is 0.0954. The molecule has 1 fully saturated rings. The van der Waals surface area contributed by atoms with Crippen LogP contribution in [0.3, 0.4) is 0 Å². The first-order valence-electron chi connectivity index (χ1n) is 12.1. The van der Waals surface area contributed by atoms with Crippen LogP contribution >= 0.6 is 11.6 Å². The zero-order valence-corrected chi connectivity index (χ0v) is 22.5. The Morgan fingerprint density at radius 3 is 2.36 bits per heavy atom. The van der Waals surface area contributed by atoms with Crippen molar-refractivity contribution >= 4 is 39.1 Å². The van der Waals surface area contributed by atoms with Gasteiger partial charge in [-0.2, -0.15) is 0 Å². The van der Waals surface area contributed by atoms with Crippen LogP contribution in [0.5, 0.6) is 5.75 Å². The van der Waals surface area contributed by atoms with Gasteiger partial charge in [0.05, 0.1) is 18.6 Å². The number of benzene rings is 2. The smallest absolute Gasteiger partial charge is 0.244 e. The second-order valence-corrected chi connectivity index (χ2v) is 11.3. The third-order valence-corrected chi connectivity index (χ3v) is 7.63. The topological polar surface area (TPSA) is 96.0 Å². The third-order valence-electron chi connectivity index (χ3n) is 6.25. The van der Waals surface area contributed by atoms with Gasteiger partial charge in [-0.3, -0.25) is 13.9 Å². The van der Waals surface area contributed by atoms with Crippen molar-refractivity contribution in [3.05, 3.63) is 59.1 Å². The molecule has 196 valence electrons. The molecule has 1 aliphatic carbocycles. The van der Waals surface area contributed by atoms with Crippen molar-refractivity contribution in [1.82, 2.24) is 10.2 Å². The first kappa shape index (κ1) is 27.8. The molecular weight excluding hydrogens is 502 g/mol. The highest BCUT2D eigenvalue weighted by Crippen LogP contribution is 2.30. The second kappa shape index (κ2) is 12.5. The molecular formula is C26H34ClN3O5S. The fourth-order valence-electron chi connectivity index (χ4n) is 4.30. The molecule has 0 heterocycles. The van der Waals surface area contributed by atoms with Crippen LogP contribution in [0.15, 0.2) is 48.5 Å². The van der Waals surface area contributed by atoms with Crippen molar-refractivity contribution in [2.75, 3.05) is 23.7 Å². The summed E-state index contributed by atoms with van der Waals surface area (Å²) in [6.45, 7) is 3.45. The van der Waals surface area contributed by atoms with E-state index in [1.54, 1.807) is 62.4 Å². The van der Waals surface area contributed by atoms with Gasteiger partial charge in [0.2, 0.25) is 21.8 Å². The SMILES string of the molecule is CCOc1ccccc1N(CC(=O)N(Cc1ccc(Cl)cc1)[C@@H](C)C(=O)NC1CCCC1)S(C)(=O)=O. The van der Waals surface area contributed by atoms with E-state index < -0.39 is 28.5 Å². The predicted molar refractivity (Wildman–Crippen MR) is 142 cm³/mol. The van der Waals surface area contributed by atoms with Gasteiger partial charge >= 0.3 is 0 Å². The molecule has 0 aromatic heterocycles. The summed E-state index contributed by atoms with van der Waals surface area (Å²) in [6, 6.07) is 12.9. The molecule has 1 N–H and O–H groups in total. The Labute approximate surface area is 218 Å². The maximum absolute atomic E-state index is 13.7. The lowest BCUT2D eigenvalue weighted by atomic mass is 10.1. The Hall–Kier alpha value is -2.78. The minimum Gasteiger partial charge on any atom is -0.492 e. The van der Waals surface area contributed by atoms with Gasteiger partial charge in [-0.15, -0.1) is 0 Å². The van der Waals surface area contributed by atoms with Crippen LogP contribution in [0.4, 0.5) is 5.69 Å². The van der Waals surface area contributed by atoms with E-state index in [1.807, 2.05) is 0 Å². The summed E-state index contributed by atoms with van der Waals surface area (Å²) in [4.78, 5) is 28.2. The Balaban J connectivity index is 1.90. The average molecular weight is 536 g/mol. The number of ether oxygens (including phenoxy) is 1. The summed E-state index contributed by atoms with van der Waals surface area (Å²) < 4.78 is 32.2. The van der Waals surface area contributed by atoms with Crippen molar-refractivity contribution in [1.29, 1.82) is 0 Å². The Kier molecular flexibility index (Phi) is 9.62. The number of amides is 2. The fourth-order valence-corrected chi connectivity index (χ4v) is 5.28. The largest absolute Gasteiger partial charge is 0.492 e. The van der Waals surface area contributed by atoms with E-state index in [9.17, 15) is 18.0 Å². The van der Waals surface area contributed by atoms with Gasteiger partial charge in [-0.25, -0.2) is 8.42 Å². The van der Waals surface area contributed by atoms with Gasteiger partial charge in [0.15, 0.2) is 0 Å². The van der Waals surface area contributed by atoms with Gasteiger partial charge in [0, 0.05) is 17.6 Å². The molecule has 36 heavy (non-hydrogen) atoms. The predicted octanol–water partition coefficient (Wildman–Crippen LogP) is 3.98. The number of hydrogen-bond donors (Lipinski definition) is 1. The third kappa shape index (κ3) is 7.36. The van der Waals surface area contributed by atoms with Crippen LogP contribution < -0.4 is 14.4 Å². The second-order valence-electron chi connectivity index (χ2n) is 8.98. The maximum Gasteiger partial charge on any atom is 0.244 e. The molecule has 1 saturated carbocycles. The summed E-state index contributed by atoms with van der Waals surface area (Å²) in [5.74, 6) is -0.407. The van der Waals surface area contributed by atoms with Crippen LogP contribution in [0.1, 0.15) is 45.1 Å². The molecule has 1 aliphatic rings. The number of nitrogens with one attached hydrogen (secondary N) is 1. The van der Waals surface area contributed by atoms with Crippen molar-refractivity contribution in [3.63, 3.8) is 0 Å². The van der Waals surface area contributed by atoms with E-state index in [0.29, 0.717) is 17.4 Å². The molecule has 1 atom stereocenters. The highest BCUT2D eigenvalue weighted by Gasteiger charge is 2.32. The molecule has 2 aromatic carbocycles. The monoisotopic (exact) mass is 535 g/mol. The number of sulfonamides is 1. The average Bonchev–Trinajstić information content (AvgIpc) is 3.34.